The van der Waals surface area contributed by atoms with Crippen LogP contribution in [-0.4, -0.2) is 4.31 Å². The molecule has 1 unspecified atom stereocenters. The Balaban J connectivity index is 1.68. The van der Waals surface area contributed by atoms with Crippen molar-refractivity contribution >= 4 is 10.4 Å². The molecule has 2 aromatic rings. The Morgan fingerprint density at radius 2 is 1.83 bits per heavy atom. The SMILES string of the molecule is C/[CH]=[Ti](/[CH2]c1ccccc1C1C=Cc2ccccc21)[C]1=CC=CC1. The van der Waals surface area contributed by atoms with Gasteiger partial charge in [0.05, 0.1) is 0 Å². The molecule has 0 aliphatic heterocycles. The molecular weight excluding hydrogens is 324 g/mol. The summed E-state index contributed by atoms with van der Waals surface area (Å²) in [5.41, 5.74) is 5.87. The van der Waals surface area contributed by atoms with Crippen LogP contribution in [0.1, 0.15) is 41.5 Å². The summed E-state index contributed by atoms with van der Waals surface area (Å²) in [7, 11) is 0. The van der Waals surface area contributed by atoms with E-state index in [4.69, 9.17) is 0 Å². The molecule has 0 aromatic heterocycles. The average Bonchev–Trinajstić information content (AvgIpc) is 3.30. The quantitative estimate of drug-likeness (QED) is 0.630. The number of fused-ring (bicyclic) bond motifs is 1. The van der Waals surface area contributed by atoms with Gasteiger partial charge in [-0.25, -0.2) is 0 Å². The zero-order valence-corrected chi connectivity index (χ0v) is 15.6. The van der Waals surface area contributed by atoms with E-state index in [1.807, 2.05) is 0 Å². The van der Waals surface area contributed by atoms with Crippen molar-refractivity contribution in [2.45, 2.75) is 24.0 Å². The molecule has 1 heteroatoms. The Labute approximate surface area is 150 Å². The van der Waals surface area contributed by atoms with Gasteiger partial charge in [0, 0.05) is 0 Å². The molecule has 0 amide bonds. The van der Waals surface area contributed by atoms with Gasteiger partial charge in [-0.05, 0) is 0 Å². The summed E-state index contributed by atoms with van der Waals surface area (Å²) < 4.78 is 5.48. The van der Waals surface area contributed by atoms with E-state index >= 15 is 0 Å². The average molecular weight is 346 g/mol. The van der Waals surface area contributed by atoms with Crippen molar-refractivity contribution in [2.75, 3.05) is 0 Å². The van der Waals surface area contributed by atoms with Gasteiger partial charge >= 0.3 is 151 Å². The molecule has 4 rings (SSSR count). The van der Waals surface area contributed by atoms with Crippen molar-refractivity contribution in [1.82, 2.24) is 0 Å². The summed E-state index contributed by atoms with van der Waals surface area (Å²) in [6, 6.07) is 17.9. The molecule has 0 saturated carbocycles. The molecule has 1 atom stereocenters. The van der Waals surface area contributed by atoms with E-state index in [1.54, 1.807) is 9.44 Å². The maximum absolute atomic E-state index is 2.52. The Bertz CT molecular complexity index is 880. The zero-order chi connectivity index (χ0) is 16.4. The fourth-order valence-corrected chi connectivity index (χ4v) is 7.28. The van der Waals surface area contributed by atoms with Gasteiger partial charge in [0.15, 0.2) is 0 Å². The van der Waals surface area contributed by atoms with Crippen LogP contribution >= 0.6 is 0 Å². The van der Waals surface area contributed by atoms with Crippen LogP contribution in [-0.2, 0) is 22.1 Å². The summed E-state index contributed by atoms with van der Waals surface area (Å²) in [4.78, 5) is 0. The Kier molecular flexibility index (Phi) is 4.60. The first-order valence-electron chi connectivity index (χ1n) is 8.73. The zero-order valence-electron chi connectivity index (χ0n) is 14.1. The van der Waals surface area contributed by atoms with Crippen molar-refractivity contribution < 1.29 is 17.4 Å². The van der Waals surface area contributed by atoms with E-state index in [-0.39, 0.29) is 0 Å². The minimum atomic E-state index is -1.31. The minimum absolute atomic E-state index is 0.421. The molecule has 0 N–H and O–H groups in total. The Morgan fingerprint density at radius 3 is 2.62 bits per heavy atom. The second-order valence-electron chi connectivity index (χ2n) is 6.48. The standard InChI is InChI=1S/C16H13.C5H5.C2H4.Ti/c1-12-6-2-4-8-14(12)16-11-10-13-7-3-5-9-15(13)16;1-2-4-5-3-1;1-2;/h2-11,16H,1H2;1-3H,4H2;1H,2H3;. The van der Waals surface area contributed by atoms with Gasteiger partial charge in [0.25, 0.3) is 0 Å². The van der Waals surface area contributed by atoms with Crippen molar-refractivity contribution in [3.05, 3.63) is 99.0 Å². The summed E-state index contributed by atoms with van der Waals surface area (Å²) in [5.74, 6) is 0.421. The van der Waals surface area contributed by atoms with Gasteiger partial charge < -0.3 is 0 Å². The van der Waals surface area contributed by atoms with Crippen molar-refractivity contribution in [3.63, 3.8) is 0 Å². The van der Waals surface area contributed by atoms with Crippen LogP contribution in [0.15, 0.2) is 76.7 Å². The normalized spacial score (nSPS) is 18.8. The molecule has 2 aromatic carbocycles. The molecule has 2 aliphatic carbocycles. The van der Waals surface area contributed by atoms with Crippen LogP contribution in [0.5, 0.6) is 0 Å². The van der Waals surface area contributed by atoms with Crippen LogP contribution in [0, 0.1) is 0 Å². The van der Waals surface area contributed by atoms with E-state index in [2.05, 4.69) is 90.1 Å². The molecular formula is C23H22Ti. The summed E-state index contributed by atoms with van der Waals surface area (Å²) in [5, 5.41) is 0. The van der Waals surface area contributed by atoms with Gasteiger partial charge in [-0.15, -0.1) is 0 Å². The molecule has 0 saturated heterocycles. The van der Waals surface area contributed by atoms with E-state index in [1.165, 1.54) is 27.8 Å². The number of benzene rings is 2. The second kappa shape index (κ2) is 7.01. The molecule has 0 radical (unpaired) electrons. The van der Waals surface area contributed by atoms with Crippen LogP contribution < -0.4 is 0 Å². The Morgan fingerprint density at radius 1 is 1.04 bits per heavy atom. The number of rotatable bonds is 4. The van der Waals surface area contributed by atoms with Gasteiger partial charge in [0.1, 0.15) is 0 Å². The van der Waals surface area contributed by atoms with Crippen molar-refractivity contribution in [1.29, 1.82) is 0 Å². The van der Waals surface area contributed by atoms with Crippen LogP contribution in [0.2, 0.25) is 0 Å². The second-order valence-corrected chi connectivity index (χ2v) is 10.6. The van der Waals surface area contributed by atoms with Crippen LogP contribution in [0.25, 0.3) is 6.08 Å². The monoisotopic (exact) mass is 346 g/mol. The molecule has 0 bridgehead atoms. The third kappa shape index (κ3) is 2.97. The van der Waals surface area contributed by atoms with E-state index < -0.39 is 17.4 Å². The first kappa shape index (κ1) is 15.8. The first-order valence-corrected chi connectivity index (χ1v) is 11.5. The van der Waals surface area contributed by atoms with Crippen molar-refractivity contribution in [2.24, 2.45) is 0 Å². The number of hydrogen-bond donors (Lipinski definition) is 0. The van der Waals surface area contributed by atoms with Gasteiger partial charge in [-0.1, -0.05) is 0 Å². The number of allylic oxidation sites excluding steroid dienone is 5. The van der Waals surface area contributed by atoms with Crippen LogP contribution in [0.4, 0.5) is 0 Å². The third-order valence-electron chi connectivity index (χ3n) is 5.10. The molecule has 118 valence electrons. The van der Waals surface area contributed by atoms with Crippen LogP contribution in [0.3, 0.4) is 0 Å². The molecule has 0 heterocycles. The molecule has 0 spiro atoms. The molecule has 0 fully saturated rings. The van der Waals surface area contributed by atoms with E-state index in [0.717, 1.165) is 0 Å². The van der Waals surface area contributed by atoms with Crippen molar-refractivity contribution in [3.8, 4) is 0 Å². The predicted molar refractivity (Wildman–Crippen MR) is 101 cm³/mol. The fraction of sp³-hybridized carbons (Fsp3) is 0.174. The van der Waals surface area contributed by atoms with E-state index in [0.29, 0.717) is 5.92 Å². The first-order chi connectivity index (χ1) is 11.9. The third-order valence-corrected chi connectivity index (χ3v) is 9.25. The molecule has 2 aliphatic rings. The number of hydrogen-bond acceptors (Lipinski definition) is 0. The predicted octanol–water partition coefficient (Wildman–Crippen LogP) is 5.63. The van der Waals surface area contributed by atoms with Gasteiger partial charge in [0.2, 0.25) is 0 Å². The molecule has 0 nitrogen and oxygen atoms in total. The summed E-state index contributed by atoms with van der Waals surface area (Å²) >= 11 is -1.31. The van der Waals surface area contributed by atoms with Gasteiger partial charge in [-0.3, -0.25) is 0 Å². The Hall–Kier alpha value is -1.76. The topological polar surface area (TPSA) is 0 Å². The maximum atomic E-state index is 2.52. The van der Waals surface area contributed by atoms with Gasteiger partial charge in [-0.2, -0.15) is 0 Å². The molecule has 24 heavy (non-hydrogen) atoms. The fourth-order valence-electron chi connectivity index (χ4n) is 3.81. The summed E-state index contributed by atoms with van der Waals surface area (Å²) in [6.45, 7) is 2.27. The van der Waals surface area contributed by atoms with E-state index in [9.17, 15) is 0 Å². The summed E-state index contributed by atoms with van der Waals surface area (Å²) in [6.07, 6.45) is 12.7.